The molecule has 1 aromatic rings. The summed E-state index contributed by atoms with van der Waals surface area (Å²) in [5.74, 6) is 0. The van der Waals surface area contributed by atoms with Crippen LogP contribution in [0.15, 0.2) is 6.07 Å². The Morgan fingerprint density at radius 2 is 2.25 bits per heavy atom. The first kappa shape index (κ1) is 7.68. The number of rotatable bonds is 0. The predicted molar refractivity (Wildman–Crippen MR) is 46.8 cm³/mol. The monoisotopic (exact) mass is 163 g/mol. The molecular weight excluding hydrogens is 150 g/mol. The molecule has 2 rings (SSSR count). The van der Waals surface area contributed by atoms with E-state index >= 15 is 0 Å². The van der Waals surface area contributed by atoms with Crippen LogP contribution in [0.25, 0.3) is 0 Å². The number of aromatic nitrogens is 2. The Kier molecular flexibility index (Phi) is 1.81. The van der Waals surface area contributed by atoms with Gasteiger partial charge in [-0.1, -0.05) is 0 Å². The van der Waals surface area contributed by atoms with E-state index in [1.54, 1.807) is 0 Å². The summed E-state index contributed by atoms with van der Waals surface area (Å²) in [5.41, 5.74) is 3.54. The molecule has 1 aromatic heterocycles. The maximum atomic E-state index is 4.18. The highest BCUT2D eigenvalue weighted by Gasteiger charge is 2.14. The highest BCUT2D eigenvalue weighted by atomic mass is 15.1. The third kappa shape index (κ3) is 1.32. The van der Waals surface area contributed by atoms with Crippen LogP contribution in [0.1, 0.15) is 17.0 Å². The van der Waals surface area contributed by atoms with E-state index in [1.807, 2.05) is 6.92 Å². The first-order chi connectivity index (χ1) is 5.75. The molecule has 3 heteroatoms. The molecule has 2 heterocycles. The summed E-state index contributed by atoms with van der Waals surface area (Å²) < 4.78 is 0. The van der Waals surface area contributed by atoms with Crippen molar-refractivity contribution in [3.8, 4) is 0 Å². The third-order valence-electron chi connectivity index (χ3n) is 2.25. The lowest BCUT2D eigenvalue weighted by atomic mass is 10.1. The Bertz CT molecular complexity index is 296. The summed E-state index contributed by atoms with van der Waals surface area (Å²) >= 11 is 0. The number of fused-ring (bicyclic) bond motifs is 1. The molecule has 0 N–H and O–H groups in total. The van der Waals surface area contributed by atoms with Gasteiger partial charge in [-0.15, -0.1) is 0 Å². The normalized spacial score (nSPS) is 17.5. The lowest BCUT2D eigenvalue weighted by Crippen LogP contribution is -2.27. The SMILES string of the molecule is Cc1cc2c(nn1)CCN(C)C2. The van der Waals surface area contributed by atoms with Crippen molar-refractivity contribution >= 4 is 0 Å². The van der Waals surface area contributed by atoms with E-state index in [2.05, 4.69) is 28.2 Å². The van der Waals surface area contributed by atoms with Crippen molar-refractivity contribution in [1.29, 1.82) is 0 Å². The number of aryl methyl sites for hydroxylation is 1. The summed E-state index contributed by atoms with van der Waals surface area (Å²) in [6.45, 7) is 4.11. The topological polar surface area (TPSA) is 29.0 Å². The fourth-order valence-corrected chi connectivity index (χ4v) is 1.58. The zero-order valence-electron chi connectivity index (χ0n) is 7.54. The number of hydrogen-bond donors (Lipinski definition) is 0. The molecule has 64 valence electrons. The standard InChI is InChI=1S/C9H13N3/c1-7-5-8-6-12(2)4-3-9(8)11-10-7/h5H,3-4,6H2,1-2H3. The first-order valence-electron chi connectivity index (χ1n) is 4.26. The molecule has 0 atom stereocenters. The van der Waals surface area contributed by atoms with Crippen LogP contribution >= 0.6 is 0 Å². The van der Waals surface area contributed by atoms with Crippen molar-refractivity contribution < 1.29 is 0 Å². The number of likely N-dealkylation sites (N-methyl/N-ethyl adjacent to an activating group) is 1. The Labute approximate surface area is 72.4 Å². The van der Waals surface area contributed by atoms with Crippen molar-refractivity contribution in [2.45, 2.75) is 19.9 Å². The molecule has 0 spiro atoms. The van der Waals surface area contributed by atoms with E-state index in [1.165, 1.54) is 11.3 Å². The fraction of sp³-hybridized carbons (Fsp3) is 0.556. The molecule has 12 heavy (non-hydrogen) atoms. The zero-order chi connectivity index (χ0) is 8.55. The molecule has 0 amide bonds. The maximum Gasteiger partial charge on any atom is 0.0689 e. The minimum absolute atomic E-state index is 1.02. The average molecular weight is 163 g/mol. The summed E-state index contributed by atoms with van der Waals surface area (Å²) in [5, 5.41) is 8.23. The second-order valence-electron chi connectivity index (χ2n) is 3.45. The van der Waals surface area contributed by atoms with E-state index < -0.39 is 0 Å². The molecule has 0 radical (unpaired) electrons. The summed E-state index contributed by atoms with van der Waals surface area (Å²) in [6.07, 6.45) is 1.04. The van der Waals surface area contributed by atoms with Crippen LogP contribution in [0.2, 0.25) is 0 Å². The van der Waals surface area contributed by atoms with Crippen LogP contribution in [0.4, 0.5) is 0 Å². The molecule has 0 saturated heterocycles. The van der Waals surface area contributed by atoms with Crippen molar-refractivity contribution in [1.82, 2.24) is 15.1 Å². The van der Waals surface area contributed by atoms with Crippen LogP contribution in [0, 0.1) is 6.92 Å². The molecule has 0 bridgehead atoms. The van der Waals surface area contributed by atoms with Gasteiger partial charge in [0.2, 0.25) is 0 Å². The van der Waals surface area contributed by atoms with Crippen molar-refractivity contribution in [3.05, 3.63) is 23.0 Å². The molecule has 0 saturated carbocycles. The van der Waals surface area contributed by atoms with Gasteiger partial charge >= 0.3 is 0 Å². The summed E-state index contributed by atoms with van der Waals surface area (Å²) in [4.78, 5) is 2.31. The fourth-order valence-electron chi connectivity index (χ4n) is 1.58. The Hall–Kier alpha value is -0.960. The summed E-state index contributed by atoms with van der Waals surface area (Å²) in [7, 11) is 2.14. The van der Waals surface area contributed by atoms with Gasteiger partial charge in [-0.3, -0.25) is 0 Å². The smallest absolute Gasteiger partial charge is 0.0689 e. The van der Waals surface area contributed by atoms with Crippen LogP contribution in [0.3, 0.4) is 0 Å². The minimum atomic E-state index is 1.02. The minimum Gasteiger partial charge on any atom is -0.302 e. The van der Waals surface area contributed by atoms with Gasteiger partial charge in [0, 0.05) is 19.5 Å². The van der Waals surface area contributed by atoms with Crippen molar-refractivity contribution in [2.75, 3.05) is 13.6 Å². The lowest BCUT2D eigenvalue weighted by Gasteiger charge is -2.23. The Morgan fingerprint density at radius 3 is 3.08 bits per heavy atom. The molecule has 0 fully saturated rings. The van der Waals surface area contributed by atoms with Crippen LogP contribution in [-0.2, 0) is 13.0 Å². The highest BCUT2D eigenvalue weighted by Crippen LogP contribution is 2.14. The Balaban J connectivity index is 2.37. The van der Waals surface area contributed by atoms with E-state index in [-0.39, 0.29) is 0 Å². The van der Waals surface area contributed by atoms with E-state index in [4.69, 9.17) is 0 Å². The number of nitrogens with zero attached hydrogens (tertiary/aromatic N) is 3. The summed E-state index contributed by atoms with van der Waals surface area (Å²) in [6, 6.07) is 2.14. The molecule has 0 aliphatic carbocycles. The molecule has 0 aromatic carbocycles. The maximum absolute atomic E-state index is 4.18. The second-order valence-corrected chi connectivity index (χ2v) is 3.45. The van der Waals surface area contributed by atoms with E-state index in [9.17, 15) is 0 Å². The van der Waals surface area contributed by atoms with Gasteiger partial charge in [-0.25, -0.2) is 0 Å². The van der Waals surface area contributed by atoms with Gasteiger partial charge in [0.05, 0.1) is 11.4 Å². The lowest BCUT2D eigenvalue weighted by molar-refractivity contribution is 0.308. The second kappa shape index (κ2) is 2.83. The molecular formula is C9H13N3. The molecule has 1 aliphatic rings. The predicted octanol–water partition coefficient (Wildman–Crippen LogP) is 0.773. The van der Waals surface area contributed by atoms with Crippen molar-refractivity contribution in [2.24, 2.45) is 0 Å². The van der Waals surface area contributed by atoms with Gasteiger partial charge in [-0.2, -0.15) is 10.2 Å². The average Bonchev–Trinajstić information content (AvgIpc) is 2.03. The van der Waals surface area contributed by atoms with Crippen LogP contribution in [-0.4, -0.2) is 28.7 Å². The largest absolute Gasteiger partial charge is 0.302 e. The van der Waals surface area contributed by atoms with Crippen molar-refractivity contribution in [3.63, 3.8) is 0 Å². The number of hydrogen-bond acceptors (Lipinski definition) is 3. The van der Waals surface area contributed by atoms with Crippen LogP contribution < -0.4 is 0 Å². The van der Waals surface area contributed by atoms with Crippen LogP contribution in [0.5, 0.6) is 0 Å². The van der Waals surface area contributed by atoms with E-state index in [0.717, 1.165) is 25.2 Å². The highest BCUT2D eigenvalue weighted by molar-refractivity contribution is 5.22. The first-order valence-corrected chi connectivity index (χ1v) is 4.26. The Morgan fingerprint density at radius 1 is 1.42 bits per heavy atom. The zero-order valence-corrected chi connectivity index (χ0v) is 7.54. The molecule has 1 aliphatic heterocycles. The van der Waals surface area contributed by atoms with Gasteiger partial charge < -0.3 is 4.90 Å². The third-order valence-corrected chi connectivity index (χ3v) is 2.25. The quantitative estimate of drug-likeness (QED) is 0.565. The van der Waals surface area contributed by atoms with Gasteiger partial charge in [-0.05, 0) is 25.6 Å². The van der Waals surface area contributed by atoms with Gasteiger partial charge in [0.25, 0.3) is 0 Å². The van der Waals surface area contributed by atoms with Gasteiger partial charge in [0.1, 0.15) is 0 Å². The molecule has 3 nitrogen and oxygen atoms in total. The van der Waals surface area contributed by atoms with E-state index in [0.29, 0.717) is 0 Å². The molecule has 0 unspecified atom stereocenters. The van der Waals surface area contributed by atoms with Gasteiger partial charge in [0.15, 0.2) is 0 Å².